The molecule has 0 saturated heterocycles. The van der Waals surface area contributed by atoms with Gasteiger partial charge in [0.25, 0.3) is 0 Å². The third-order valence-electron chi connectivity index (χ3n) is 5.08. The lowest BCUT2D eigenvalue weighted by molar-refractivity contribution is 0.0781. The Balaban J connectivity index is 1.93. The fourth-order valence-corrected chi connectivity index (χ4v) is 3.71. The number of carbonyl (C=O) groups is 1. The van der Waals surface area contributed by atoms with Crippen LogP contribution in [0.15, 0.2) is 4.99 Å². The maximum atomic E-state index is 12.1. The first-order valence-corrected chi connectivity index (χ1v) is 7.20. The summed E-state index contributed by atoms with van der Waals surface area (Å²) in [5, 5.41) is 0. The predicted octanol–water partition coefficient (Wildman–Crippen LogP) is 2.38. The minimum absolute atomic E-state index is 0.0969. The number of urea groups is 1. The molecule has 3 aliphatic rings. The number of rotatable bonds is 2. The fourth-order valence-electron chi connectivity index (χ4n) is 3.71. The van der Waals surface area contributed by atoms with Gasteiger partial charge in [0.2, 0.25) is 0 Å². The molecule has 1 spiro atoms. The van der Waals surface area contributed by atoms with Crippen LogP contribution < -0.4 is 5.73 Å². The fraction of sp³-hybridized carbons (Fsp3) is 0.857. The molecule has 1 aliphatic heterocycles. The normalized spacial score (nSPS) is 40.4. The van der Waals surface area contributed by atoms with Gasteiger partial charge in [0, 0.05) is 6.54 Å². The van der Waals surface area contributed by atoms with Gasteiger partial charge in [-0.1, -0.05) is 20.3 Å². The molecular weight excluding hydrogens is 226 g/mol. The molecular formula is C14H23N3O. The van der Waals surface area contributed by atoms with Crippen LogP contribution in [0.25, 0.3) is 0 Å². The molecule has 4 nitrogen and oxygen atoms in total. The van der Waals surface area contributed by atoms with Gasteiger partial charge in [-0.25, -0.2) is 4.79 Å². The zero-order valence-electron chi connectivity index (χ0n) is 11.4. The summed E-state index contributed by atoms with van der Waals surface area (Å²) in [6.45, 7) is 5.35. The molecule has 0 bridgehead atoms. The molecule has 3 unspecified atom stereocenters. The highest BCUT2D eigenvalue weighted by atomic mass is 16.2. The van der Waals surface area contributed by atoms with Crippen molar-refractivity contribution < 1.29 is 4.79 Å². The van der Waals surface area contributed by atoms with E-state index in [4.69, 9.17) is 5.73 Å². The molecule has 0 aromatic heterocycles. The second-order valence-corrected chi connectivity index (χ2v) is 6.55. The van der Waals surface area contributed by atoms with Crippen LogP contribution in [0.4, 0.5) is 4.79 Å². The topological polar surface area (TPSA) is 58.7 Å². The predicted molar refractivity (Wildman–Crippen MR) is 71.4 cm³/mol. The highest BCUT2D eigenvalue weighted by molar-refractivity contribution is 6.06. The van der Waals surface area contributed by atoms with Crippen LogP contribution >= 0.6 is 0 Å². The molecule has 2 N–H and O–H groups in total. The van der Waals surface area contributed by atoms with E-state index in [9.17, 15) is 4.79 Å². The number of hydrogen-bond donors (Lipinski definition) is 1. The van der Waals surface area contributed by atoms with E-state index < -0.39 is 0 Å². The Morgan fingerprint density at radius 2 is 2.06 bits per heavy atom. The molecule has 2 amide bonds. The number of amidine groups is 1. The molecule has 3 atom stereocenters. The smallest absolute Gasteiger partial charge is 0.346 e. The highest BCUT2D eigenvalue weighted by Crippen LogP contribution is 2.45. The highest BCUT2D eigenvalue weighted by Gasteiger charge is 2.54. The van der Waals surface area contributed by atoms with Crippen molar-refractivity contribution >= 4 is 11.9 Å². The molecule has 2 saturated carbocycles. The molecule has 3 rings (SSSR count). The molecule has 2 aliphatic carbocycles. The van der Waals surface area contributed by atoms with Crippen LogP contribution in [-0.4, -0.2) is 28.9 Å². The summed E-state index contributed by atoms with van der Waals surface area (Å²) in [6.07, 6.45) is 5.88. The maximum absolute atomic E-state index is 12.1. The maximum Gasteiger partial charge on any atom is 0.346 e. The molecule has 0 aromatic carbocycles. The van der Waals surface area contributed by atoms with Crippen LogP contribution in [-0.2, 0) is 0 Å². The van der Waals surface area contributed by atoms with Gasteiger partial charge in [0.05, 0.1) is 0 Å². The van der Waals surface area contributed by atoms with Gasteiger partial charge in [-0.15, -0.1) is 0 Å². The van der Waals surface area contributed by atoms with Crippen LogP contribution in [0, 0.1) is 17.8 Å². The number of nitrogens with two attached hydrogens (primary N) is 1. The minimum atomic E-state index is -0.267. The third kappa shape index (κ3) is 1.65. The van der Waals surface area contributed by atoms with Crippen LogP contribution in [0.2, 0.25) is 0 Å². The first kappa shape index (κ1) is 12.0. The van der Waals surface area contributed by atoms with Crippen LogP contribution in [0.1, 0.15) is 46.0 Å². The van der Waals surface area contributed by atoms with Crippen molar-refractivity contribution in [2.45, 2.75) is 51.5 Å². The second kappa shape index (κ2) is 3.97. The van der Waals surface area contributed by atoms with Gasteiger partial charge in [-0.05, 0) is 43.4 Å². The Morgan fingerprint density at radius 3 is 2.72 bits per heavy atom. The molecule has 0 radical (unpaired) electrons. The lowest BCUT2D eigenvalue weighted by atomic mass is 9.68. The molecule has 1 heterocycles. The Hall–Kier alpha value is -1.06. The third-order valence-corrected chi connectivity index (χ3v) is 5.08. The molecule has 2 fully saturated rings. The lowest BCUT2D eigenvalue weighted by Crippen LogP contribution is -2.61. The summed E-state index contributed by atoms with van der Waals surface area (Å²) in [6, 6.07) is -0.0969. The average molecular weight is 249 g/mol. The van der Waals surface area contributed by atoms with Gasteiger partial charge < -0.3 is 10.6 Å². The Kier molecular flexibility index (Phi) is 2.65. The van der Waals surface area contributed by atoms with E-state index in [1.165, 1.54) is 19.3 Å². The van der Waals surface area contributed by atoms with E-state index in [1.54, 1.807) is 0 Å². The number of nitrogens with zero attached hydrogens (tertiary/aromatic N) is 2. The monoisotopic (exact) mass is 249 g/mol. The van der Waals surface area contributed by atoms with E-state index >= 15 is 0 Å². The van der Waals surface area contributed by atoms with Gasteiger partial charge in [0.15, 0.2) is 0 Å². The van der Waals surface area contributed by atoms with E-state index in [1.807, 2.05) is 4.90 Å². The van der Waals surface area contributed by atoms with Gasteiger partial charge in [-0.3, -0.25) is 0 Å². The number of aliphatic imine (C=N–C) groups is 1. The Labute approximate surface area is 109 Å². The molecule has 4 heteroatoms. The summed E-state index contributed by atoms with van der Waals surface area (Å²) in [7, 11) is 0. The second-order valence-electron chi connectivity index (χ2n) is 6.55. The summed E-state index contributed by atoms with van der Waals surface area (Å²) in [5.74, 6) is 2.33. The first-order valence-electron chi connectivity index (χ1n) is 7.20. The largest absolute Gasteiger partial charge is 0.385 e. The van der Waals surface area contributed by atoms with Crippen molar-refractivity contribution in [3.05, 3.63) is 0 Å². The summed E-state index contributed by atoms with van der Waals surface area (Å²) in [5.41, 5.74) is 5.90. The standard InChI is InChI=1S/C14H23N3O/c1-9-3-4-10(2)14(7-9)12(15)16-13(18)17(14)8-11-5-6-11/h9-11H,3-8H2,1-2H3,(H2,15,16,18). The Bertz CT molecular complexity index is 402. The quantitative estimate of drug-likeness (QED) is 0.817. The summed E-state index contributed by atoms with van der Waals surface area (Å²) >= 11 is 0. The molecule has 18 heavy (non-hydrogen) atoms. The van der Waals surface area contributed by atoms with Crippen molar-refractivity contribution in [1.82, 2.24) is 4.90 Å². The van der Waals surface area contributed by atoms with Crippen molar-refractivity contribution in [3.63, 3.8) is 0 Å². The van der Waals surface area contributed by atoms with Crippen molar-refractivity contribution in [2.24, 2.45) is 28.5 Å². The van der Waals surface area contributed by atoms with E-state index in [0.29, 0.717) is 23.6 Å². The van der Waals surface area contributed by atoms with E-state index in [0.717, 1.165) is 19.4 Å². The van der Waals surface area contributed by atoms with Gasteiger partial charge in [-0.2, -0.15) is 4.99 Å². The first-order chi connectivity index (χ1) is 8.54. The van der Waals surface area contributed by atoms with E-state index in [-0.39, 0.29) is 11.6 Å². The lowest BCUT2D eigenvalue weighted by Gasteiger charge is -2.47. The Morgan fingerprint density at radius 1 is 1.33 bits per heavy atom. The van der Waals surface area contributed by atoms with Crippen LogP contribution in [0.3, 0.4) is 0 Å². The number of hydrogen-bond acceptors (Lipinski definition) is 2. The van der Waals surface area contributed by atoms with Gasteiger partial charge >= 0.3 is 6.03 Å². The van der Waals surface area contributed by atoms with E-state index in [2.05, 4.69) is 18.8 Å². The van der Waals surface area contributed by atoms with Crippen molar-refractivity contribution in [2.75, 3.05) is 6.54 Å². The van der Waals surface area contributed by atoms with Crippen molar-refractivity contribution in [1.29, 1.82) is 0 Å². The van der Waals surface area contributed by atoms with Gasteiger partial charge in [0.1, 0.15) is 11.4 Å². The molecule has 100 valence electrons. The zero-order valence-corrected chi connectivity index (χ0v) is 11.4. The minimum Gasteiger partial charge on any atom is -0.385 e. The molecule has 0 aromatic rings. The van der Waals surface area contributed by atoms with Crippen LogP contribution in [0.5, 0.6) is 0 Å². The number of carbonyl (C=O) groups excluding carboxylic acids is 1. The van der Waals surface area contributed by atoms with Crippen molar-refractivity contribution in [3.8, 4) is 0 Å². The summed E-state index contributed by atoms with van der Waals surface area (Å²) < 4.78 is 0. The zero-order chi connectivity index (χ0) is 12.9. The number of amides is 2. The average Bonchev–Trinajstić information content (AvgIpc) is 3.09. The SMILES string of the molecule is CC1CCC(C)C2(C1)C(N)=NC(=O)N2CC1CC1. The summed E-state index contributed by atoms with van der Waals surface area (Å²) in [4.78, 5) is 18.2.